The largest absolute Gasteiger partial charge is 0.312 e. The van der Waals surface area contributed by atoms with Crippen molar-refractivity contribution in [1.29, 1.82) is 0 Å². The minimum absolute atomic E-state index is 0.0279. The van der Waals surface area contributed by atoms with Crippen molar-refractivity contribution in [2.24, 2.45) is 0 Å². The Kier molecular flexibility index (Phi) is 4.43. The fraction of sp³-hybridized carbons (Fsp3) is 0.471. The number of nitrogens with zero attached hydrogens (tertiary/aromatic N) is 2. The van der Waals surface area contributed by atoms with E-state index in [9.17, 15) is 14.4 Å². The quantitative estimate of drug-likeness (QED) is 0.853. The Morgan fingerprint density at radius 2 is 2.00 bits per heavy atom. The number of hydrogen-bond donors (Lipinski definition) is 0. The van der Waals surface area contributed by atoms with Crippen LogP contribution < -0.4 is 9.80 Å². The van der Waals surface area contributed by atoms with Crippen LogP contribution in [0.25, 0.3) is 0 Å². The number of carbonyl (C=O) groups excluding carboxylic acids is 3. The highest BCUT2D eigenvalue weighted by Crippen LogP contribution is 2.32. The maximum atomic E-state index is 12.2. The van der Waals surface area contributed by atoms with Gasteiger partial charge in [-0.05, 0) is 37.1 Å². The molecule has 1 atom stereocenters. The molecule has 1 aromatic rings. The van der Waals surface area contributed by atoms with Crippen LogP contribution in [0.1, 0.15) is 31.7 Å². The molecule has 0 aromatic heterocycles. The van der Waals surface area contributed by atoms with Gasteiger partial charge in [0.1, 0.15) is 0 Å². The molecule has 0 radical (unpaired) electrons. The van der Waals surface area contributed by atoms with E-state index in [4.69, 9.17) is 0 Å². The molecule has 0 aliphatic carbocycles. The van der Waals surface area contributed by atoms with E-state index in [1.165, 1.54) is 18.7 Å². The Hall–Kier alpha value is -1.82. The Balaban J connectivity index is 1.79. The summed E-state index contributed by atoms with van der Waals surface area (Å²) in [6.45, 7) is 4.82. The van der Waals surface area contributed by atoms with Gasteiger partial charge in [0.05, 0.1) is 0 Å². The Morgan fingerprint density at radius 3 is 2.61 bits per heavy atom. The molecule has 0 N–H and O–H groups in total. The monoisotopic (exact) mass is 332 g/mol. The summed E-state index contributed by atoms with van der Waals surface area (Å²) in [7, 11) is 0. The second-order valence-corrected chi connectivity index (χ2v) is 7.54. The van der Waals surface area contributed by atoms with Gasteiger partial charge in [0.15, 0.2) is 5.12 Å². The number of hydrogen-bond acceptors (Lipinski definition) is 4. The number of aryl methyl sites for hydroxylation is 1. The van der Waals surface area contributed by atoms with E-state index in [0.717, 1.165) is 29.9 Å². The van der Waals surface area contributed by atoms with Gasteiger partial charge in [0.2, 0.25) is 11.8 Å². The topological polar surface area (TPSA) is 57.7 Å². The van der Waals surface area contributed by atoms with E-state index in [2.05, 4.69) is 0 Å². The van der Waals surface area contributed by atoms with Crippen LogP contribution in [-0.2, 0) is 14.4 Å². The summed E-state index contributed by atoms with van der Waals surface area (Å²) < 4.78 is 0. The molecule has 2 saturated heterocycles. The van der Waals surface area contributed by atoms with Gasteiger partial charge in [-0.2, -0.15) is 0 Å². The molecule has 23 heavy (non-hydrogen) atoms. The Labute approximate surface area is 140 Å². The highest BCUT2D eigenvalue weighted by molar-refractivity contribution is 8.14. The summed E-state index contributed by atoms with van der Waals surface area (Å²) in [6.07, 6.45) is 1.90. The van der Waals surface area contributed by atoms with Gasteiger partial charge in [-0.25, -0.2) is 0 Å². The molecule has 2 aliphatic rings. The zero-order valence-corrected chi connectivity index (χ0v) is 14.2. The van der Waals surface area contributed by atoms with Crippen LogP contribution in [0.2, 0.25) is 0 Å². The first kappa shape index (κ1) is 16.1. The second-order valence-electron chi connectivity index (χ2n) is 6.06. The van der Waals surface area contributed by atoms with E-state index in [1.807, 2.05) is 30.0 Å². The molecular weight excluding hydrogens is 312 g/mol. The molecule has 2 amide bonds. The Morgan fingerprint density at radius 1 is 1.22 bits per heavy atom. The van der Waals surface area contributed by atoms with Crippen LogP contribution in [0.15, 0.2) is 18.2 Å². The lowest BCUT2D eigenvalue weighted by atomic mass is 10.1. The maximum Gasteiger partial charge on any atom is 0.228 e. The molecule has 122 valence electrons. The van der Waals surface area contributed by atoms with Gasteiger partial charge < -0.3 is 9.80 Å². The van der Waals surface area contributed by atoms with Gasteiger partial charge >= 0.3 is 0 Å². The molecule has 2 heterocycles. The van der Waals surface area contributed by atoms with Gasteiger partial charge in [0, 0.05) is 49.5 Å². The molecule has 2 aliphatic heterocycles. The molecule has 3 rings (SSSR count). The average Bonchev–Trinajstić information content (AvgIpc) is 3.04. The molecule has 1 unspecified atom stereocenters. The summed E-state index contributed by atoms with van der Waals surface area (Å²) >= 11 is 1.24. The predicted octanol–water partition coefficient (Wildman–Crippen LogP) is 2.51. The minimum atomic E-state index is 0.0279. The average molecular weight is 332 g/mol. The van der Waals surface area contributed by atoms with E-state index in [-0.39, 0.29) is 22.2 Å². The normalized spacial score (nSPS) is 21.4. The summed E-state index contributed by atoms with van der Waals surface area (Å²) in [5.74, 6) is 0.212. The van der Waals surface area contributed by atoms with E-state index in [0.29, 0.717) is 19.4 Å². The zero-order chi connectivity index (χ0) is 16.6. The van der Waals surface area contributed by atoms with Crippen molar-refractivity contribution in [3.05, 3.63) is 23.8 Å². The fourth-order valence-electron chi connectivity index (χ4n) is 3.25. The molecule has 0 bridgehead atoms. The molecule has 2 fully saturated rings. The first-order valence-corrected chi connectivity index (χ1v) is 8.72. The van der Waals surface area contributed by atoms with Gasteiger partial charge in [-0.1, -0.05) is 11.8 Å². The van der Waals surface area contributed by atoms with Crippen LogP contribution in [0.4, 0.5) is 11.4 Å². The lowest BCUT2D eigenvalue weighted by molar-refractivity contribution is -0.117. The van der Waals surface area contributed by atoms with Crippen molar-refractivity contribution in [1.82, 2.24) is 0 Å². The molecule has 0 spiro atoms. The van der Waals surface area contributed by atoms with Crippen LogP contribution in [0, 0.1) is 6.92 Å². The van der Waals surface area contributed by atoms with Crippen molar-refractivity contribution < 1.29 is 14.4 Å². The fourth-order valence-corrected chi connectivity index (χ4v) is 4.17. The molecule has 5 nitrogen and oxygen atoms in total. The standard InChI is InChI=1S/C17H20N2O3S/c1-11-8-13(5-6-15(11)18-7-3-4-16(18)21)19-10-14(9-17(19)22)23-12(2)20/h5-6,8,14H,3-4,7,9-10H2,1-2H3. The minimum Gasteiger partial charge on any atom is -0.312 e. The smallest absolute Gasteiger partial charge is 0.228 e. The second kappa shape index (κ2) is 6.35. The van der Waals surface area contributed by atoms with Crippen LogP contribution in [0.5, 0.6) is 0 Å². The summed E-state index contributed by atoms with van der Waals surface area (Å²) in [5, 5.41) is 0.0730. The van der Waals surface area contributed by atoms with Crippen LogP contribution >= 0.6 is 11.8 Å². The molecular formula is C17H20N2O3S. The zero-order valence-electron chi connectivity index (χ0n) is 13.4. The SMILES string of the molecule is CC(=O)SC1CC(=O)N(c2ccc(N3CCCC3=O)c(C)c2)C1. The van der Waals surface area contributed by atoms with Crippen molar-refractivity contribution in [2.75, 3.05) is 22.9 Å². The van der Waals surface area contributed by atoms with Gasteiger partial charge in [0.25, 0.3) is 0 Å². The number of carbonyl (C=O) groups is 3. The van der Waals surface area contributed by atoms with Gasteiger partial charge in [-0.3, -0.25) is 14.4 Å². The van der Waals surface area contributed by atoms with E-state index >= 15 is 0 Å². The van der Waals surface area contributed by atoms with Crippen LogP contribution in [0.3, 0.4) is 0 Å². The molecule has 6 heteroatoms. The van der Waals surface area contributed by atoms with Crippen molar-refractivity contribution >= 4 is 40.1 Å². The van der Waals surface area contributed by atoms with Crippen molar-refractivity contribution in [3.63, 3.8) is 0 Å². The first-order valence-electron chi connectivity index (χ1n) is 7.84. The number of anilines is 2. The Bertz CT molecular complexity index is 674. The van der Waals surface area contributed by atoms with Crippen molar-refractivity contribution in [3.8, 4) is 0 Å². The van der Waals surface area contributed by atoms with Crippen molar-refractivity contribution in [2.45, 2.75) is 38.4 Å². The number of benzene rings is 1. The third-order valence-corrected chi connectivity index (χ3v) is 5.26. The third kappa shape index (κ3) is 3.27. The van der Waals surface area contributed by atoms with E-state index < -0.39 is 0 Å². The summed E-state index contributed by atoms with van der Waals surface area (Å²) in [6, 6.07) is 5.78. The summed E-state index contributed by atoms with van der Waals surface area (Å²) in [4.78, 5) is 38.9. The lowest BCUT2D eigenvalue weighted by Gasteiger charge is -2.22. The van der Waals surface area contributed by atoms with Gasteiger partial charge in [-0.15, -0.1) is 0 Å². The molecule has 1 aromatic carbocycles. The molecule has 0 saturated carbocycles. The maximum absolute atomic E-state index is 12.2. The highest BCUT2D eigenvalue weighted by Gasteiger charge is 2.32. The first-order chi connectivity index (χ1) is 11.0. The predicted molar refractivity (Wildman–Crippen MR) is 91.8 cm³/mol. The van der Waals surface area contributed by atoms with E-state index in [1.54, 1.807) is 4.90 Å². The third-order valence-electron chi connectivity index (χ3n) is 4.28. The number of thioether (sulfide) groups is 1. The highest BCUT2D eigenvalue weighted by atomic mass is 32.2. The lowest BCUT2D eigenvalue weighted by Crippen LogP contribution is -2.26. The number of amides is 2. The number of rotatable bonds is 3. The van der Waals surface area contributed by atoms with Crippen LogP contribution in [-0.4, -0.2) is 35.3 Å². The summed E-state index contributed by atoms with van der Waals surface area (Å²) in [5.41, 5.74) is 2.76.